The highest BCUT2D eigenvalue weighted by atomic mass is 16.7. The Labute approximate surface area is 78.1 Å². The van der Waals surface area contributed by atoms with E-state index in [9.17, 15) is 0 Å². The van der Waals surface area contributed by atoms with E-state index in [0.717, 1.165) is 12.8 Å². The Bertz CT molecular complexity index is 139. The predicted octanol–water partition coefficient (Wildman–Crippen LogP) is 1.01. The summed E-state index contributed by atoms with van der Waals surface area (Å²) in [4.78, 5) is 0. The molecule has 0 aliphatic carbocycles. The van der Waals surface area contributed by atoms with Gasteiger partial charge in [0.25, 0.3) is 0 Å². The SMILES string of the molecule is OCCCOCCCC1OC=CO1. The van der Waals surface area contributed by atoms with Gasteiger partial charge in [-0.2, -0.15) is 0 Å². The van der Waals surface area contributed by atoms with Crippen molar-refractivity contribution in [3.05, 3.63) is 12.5 Å². The van der Waals surface area contributed by atoms with Gasteiger partial charge in [0.15, 0.2) is 0 Å². The van der Waals surface area contributed by atoms with Crippen molar-refractivity contribution in [1.82, 2.24) is 0 Å². The van der Waals surface area contributed by atoms with E-state index in [1.165, 1.54) is 0 Å². The summed E-state index contributed by atoms with van der Waals surface area (Å²) in [6.45, 7) is 1.52. The standard InChI is InChI=1S/C9H16O4/c10-4-2-6-11-5-1-3-9-12-7-8-13-9/h7-10H,1-6H2. The first-order valence-electron chi connectivity index (χ1n) is 4.58. The number of rotatable bonds is 7. The van der Waals surface area contributed by atoms with Gasteiger partial charge in [-0.15, -0.1) is 0 Å². The molecule has 4 heteroatoms. The van der Waals surface area contributed by atoms with Crippen molar-refractivity contribution in [2.24, 2.45) is 0 Å². The zero-order valence-corrected chi connectivity index (χ0v) is 7.65. The molecule has 1 N–H and O–H groups in total. The van der Waals surface area contributed by atoms with Gasteiger partial charge in [0.1, 0.15) is 12.5 Å². The second kappa shape index (κ2) is 6.74. The fourth-order valence-electron chi connectivity index (χ4n) is 1.03. The molecule has 0 bridgehead atoms. The van der Waals surface area contributed by atoms with Crippen molar-refractivity contribution >= 4 is 0 Å². The van der Waals surface area contributed by atoms with Gasteiger partial charge >= 0.3 is 0 Å². The Kier molecular flexibility index (Phi) is 5.36. The summed E-state index contributed by atoms with van der Waals surface area (Å²) >= 11 is 0. The van der Waals surface area contributed by atoms with Crippen LogP contribution in [0.4, 0.5) is 0 Å². The van der Waals surface area contributed by atoms with Crippen LogP contribution in [0.5, 0.6) is 0 Å². The molecule has 0 atom stereocenters. The molecule has 0 amide bonds. The van der Waals surface area contributed by atoms with Crippen molar-refractivity contribution in [2.75, 3.05) is 19.8 Å². The lowest BCUT2D eigenvalue weighted by molar-refractivity contribution is -0.0341. The minimum atomic E-state index is -0.124. The molecule has 13 heavy (non-hydrogen) atoms. The van der Waals surface area contributed by atoms with Gasteiger partial charge in [-0.05, 0) is 12.8 Å². The monoisotopic (exact) mass is 188 g/mol. The maximum atomic E-state index is 8.47. The summed E-state index contributed by atoms with van der Waals surface area (Å²) in [6.07, 6.45) is 5.44. The number of hydrogen-bond donors (Lipinski definition) is 1. The van der Waals surface area contributed by atoms with E-state index < -0.39 is 0 Å². The number of aliphatic hydroxyl groups excluding tert-OH is 1. The topological polar surface area (TPSA) is 47.9 Å². The van der Waals surface area contributed by atoms with Crippen LogP contribution < -0.4 is 0 Å². The number of ether oxygens (including phenoxy) is 3. The molecular weight excluding hydrogens is 172 g/mol. The molecule has 1 heterocycles. The maximum Gasteiger partial charge on any atom is 0.239 e. The van der Waals surface area contributed by atoms with E-state index in [1.807, 2.05) is 0 Å². The Morgan fingerprint density at radius 1 is 1.15 bits per heavy atom. The molecule has 0 aromatic rings. The highest BCUT2D eigenvalue weighted by molar-refractivity contribution is 4.70. The zero-order chi connectivity index (χ0) is 9.36. The summed E-state index contributed by atoms with van der Waals surface area (Å²) in [7, 11) is 0. The Morgan fingerprint density at radius 2 is 1.85 bits per heavy atom. The third-order valence-electron chi connectivity index (χ3n) is 1.69. The molecule has 0 spiro atoms. The number of aliphatic hydroxyl groups is 1. The Morgan fingerprint density at radius 3 is 2.54 bits per heavy atom. The molecule has 0 saturated carbocycles. The first-order chi connectivity index (χ1) is 6.43. The van der Waals surface area contributed by atoms with Crippen LogP contribution in [-0.4, -0.2) is 31.2 Å². The average molecular weight is 188 g/mol. The first kappa shape index (κ1) is 10.3. The average Bonchev–Trinajstić information content (AvgIpc) is 2.63. The molecule has 0 saturated heterocycles. The molecule has 0 fully saturated rings. The van der Waals surface area contributed by atoms with Crippen molar-refractivity contribution in [3.8, 4) is 0 Å². The van der Waals surface area contributed by atoms with Gasteiger partial charge < -0.3 is 19.3 Å². The van der Waals surface area contributed by atoms with Gasteiger partial charge in [-0.3, -0.25) is 0 Å². The van der Waals surface area contributed by atoms with Gasteiger partial charge in [0.2, 0.25) is 6.29 Å². The van der Waals surface area contributed by atoms with E-state index >= 15 is 0 Å². The maximum absolute atomic E-state index is 8.47. The third kappa shape index (κ3) is 4.75. The van der Waals surface area contributed by atoms with E-state index in [1.54, 1.807) is 12.5 Å². The summed E-state index contributed by atoms with van der Waals surface area (Å²) in [6, 6.07) is 0. The van der Waals surface area contributed by atoms with Gasteiger partial charge in [0.05, 0.1) is 0 Å². The van der Waals surface area contributed by atoms with Crippen LogP contribution in [0.2, 0.25) is 0 Å². The number of hydrogen-bond acceptors (Lipinski definition) is 4. The van der Waals surface area contributed by atoms with E-state index in [-0.39, 0.29) is 12.9 Å². The van der Waals surface area contributed by atoms with Gasteiger partial charge in [-0.1, -0.05) is 0 Å². The van der Waals surface area contributed by atoms with Crippen LogP contribution in [0, 0.1) is 0 Å². The highest BCUT2D eigenvalue weighted by Gasteiger charge is 2.10. The largest absolute Gasteiger partial charge is 0.459 e. The van der Waals surface area contributed by atoms with Crippen LogP contribution in [0.1, 0.15) is 19.3 Å². The molecule has 1 aliphatic heterocycles. The van der Waals surface area contributed by atoms with Crippen molar-refractivity contribution in [1.29, 1.82) is 0 Å². The fraction of sp³-hybridized carbons (Fsp3) is 0.778. The molecule has 1 aliphatic rings. The molecule has 0 unspecified atom stereocenters. The minimum absolute atomic E-state index is 0.124. The zero-order valence-electron chi connectivity index (χ0n) is 7.65. The summed E-state index contributed by atoms with van der Waals surface area (Å²) in [5.74, 6) is 0. The first-order valence-corrected chi connectivity index (χ1v) is 4.58. The summed E-state index contributed by atoms with van der Waals surface area (Å²) in [5, 5.41) is 8.47. The predicted molar refractivity (Wildman–Crippen MR) is 46.9 cm³/mol. The molecule has 1 rings (SSSR count). The third-order valence-corrected chi connectivity index (χ3v) is 1.69. The molecule has 0 aromatic heterocycles. The lowest BCUT2D eigenvalue weighted by atomic mass is 10.3. The van der Waals surface area contributed by atoms with Crippen molar-refractivity contribution in [2.45, 2.75) is 25.6 Å². The molecule has 76 valence electrons. The second-order valence-corrected chi connectivity index (χ2v) is 2.81. The molecule has 0 aromatic carbocycles. The molecule has 4 nitrogen and oxygen atoms in total. The van der Waals surface area contributed by atoms with E-state index in [4.69, 9.17) is 19.3 Å². The quantitative estimate of drug-likeness (QED) is 0.606. The smallest absolute Gasteiger partial charge is 0.239 e. The summed E-state index contributed by atoms with van der Waals surface area (Å²) < 4.78 is 15.4. The van der Waals surface area contributed by atoms with Crippen molar-refractivity contribution in [3.63, 3.8) is 0 Å². The van der Waals surface area contributed by atoms with Crippen LogP contribution in [0.25, 0.3) is 0 Å². The Hall–Kier alpha value is -0.740. The molecular formula is C9H16O4. The van der Waals surface area contributed by atoms with Crippen LogP contribution >= 0.6 is 0 Å². The van der Waals surface area contributed by atoms with Crippen molar-refractivity contribution < 1.29 is 19.3 Å². The fourth-order valence-corrected chi connectivity index (χ4v) is 1.03. The Balaban J connectivity index is 1.78. The lowest BCUT2D eigenvalue weighted by Crippen LogP contribution is -2.09. The highest BCUT2D eigenvalue weighted by Crippen LogP contribution is 2.10. The van der Waals surface area contributed by atoms with E-state index in [0.29, 0.717) is 19.6 Å². The van der Waals surface area contributed by atoms with Crippen LogP contribution in [-0.2, 0) is 14.2 Å². The summed E-state index contributed by atoms with van der Waals surface area (Å²) in [5.41, 5.74) is 0. The van der Waals surface area contributed by atoms with Gasteiger partial charge in [0, 0.05) is 26.2 Å². The normalized spacial score (nSPS) is 15.8. The van der Waals surface area contributed by atoms with Crippen LogP contribution in [0.15, 0.2) is 12.5 Å². The van der Waals surface area contributed by atoms with Crippen LogP contribution in [0.3, 0.4) is 0 Å². The molecule has 0 radical (unpaired) electrons. The lowest BCUT2D eigenvalue weighted by Gasteiger charge is -2.09. The minimum Gasteiger partial charge on any atom is -0.459 e. The van der Waals surface area contributed by atoms with E-state index in [2.05, 4.69) is 0 Å². The second-order valence-electron chi connectivity index (χ2n) is 2.81. The van der Waals surface area contributed by atoms with Gasteiger partial charge in [-0.25, -0.2) is 0 Å².